The number of nitrogens with one attached hydrogen (secondary N) is 1. The van der Waals surface area contributed by atoms with Crippen LogP contribution in [0.1, 0.15) is 23.6 Å². The summed E-state index contributed by atoms with van der Waals surface area (Å²) in [6.07, 6.45) is 0.422. The van der Waals surface area contributed by atoms with Crippen molar-refractivity contribution in [3.05, 3.63) is 95.6 Å². The summed E-state index contributed by atoms with van der Waals surface area (Å²) in [5, 5.41) is 3.00. The van der Waals surface area contributed by atoms with Crippen molar-refractivity contribution in [3.63, 3.8) is 0 Å². The van der Waals surface area contributed by atoms with Gasteiger partial charge < -0.3 is 19.7 Å². The summed E-state index contributed by atoms with van der Waals surface area (Å²) < 4.78 is 10.4. The minimum atomic E-state index is -0.648. The Hall–Kier alpha value is -3.80. The first kappa shape index (κ1) is 23.9. The second-order valence-corrected chi connectivity index (χ2v) is 7.77. The van der Waals surface area contributed by atoms with Crippen molar-refractivity contribution < 1.29 is 19.1 Å². The van der Waals surface area contributed by atoms with Crippen molar-refractivity contribution in [1.29, 1.82) is 0 Å². The average Bonchev–Trinajstić information content (AvgIpc) is 2.85. The van der Waals surface area contributed by atoms with E-state index in [9.17, 15) is 9.59 Å². The first-order valence-corrected chi connectivity index (χ1v) is 10.8. The molecule has 172 valence electrons. The molecule has 0 saturated carbocycles. The lowest BCUT2D eigenvalue weighted by Crippen LogP contribution is -2.49. The summed E-state index contributed by atoms with van der Waals surface area (Å²) in [6.45, 7) is 2.19. The van der Waals surface area contributed by atoms with E-state index in [1.165, 1.54) is 6.92 Å². The van der Waals surface area contributed by atoms with Gasteiger partial charge in [-0.1, -0.05) is 54.6 Å². The second kappa shape index (κ2) is 11.7. The molecule has 0 saturated heterocycles. The maximum atomic E-state index is 13.3. The van der Waals surface area contributed by atoms with E-state index in [2.05, 4.69) is 5.32 Å². The lowest BCUT2D eigenvalue weighted by molar-refractivity contribution is -0.139. The minimum absolute atomic E-state index is 0.161. The van der Waals surface area contributed by atoms with Crippen LogP contribution < -0.4 is 14.8 Å². The quantitative estimate of drug-likeness (QED) is 0.512. The van der Waals surface area contributed by atoms with Crippen molar-refractivity contribution >= 4 is 11.8 Å². The lowest BCUT2D eigenvalue weighted by Gasteiger charge is -2.30. The molecule has 1 unspecified atom stereocenters. The topological polar surface area (TPSA) is 67.9 Å². The molecule has 0 fully saturated rings. The molecule has 3 rings (SSSR count). The van der Waals surface area contributed by atoms with Gasteiger partial charge in [-0.15, -0.1) is 0 Å². The number of carbonyl (C=O) groups is 2. The number of ether oxygens (including phenoxy) is 2. The van der Waals surface area contributed by atoms with Crippen LogP contribution in [0.2, 0.25) is 0 Å². The third kappa shape index (κ3) is 6.84. The number of hydrogen-bond donors (Lipinski definition) is 1. The minimum Gasteiger partial charge on any atom is -0.497 e. The van der Waals surface area contributed by atoms with Crippen LogP contribution in [0.25, 0.3) is 0 Å². The fourth-order valence-electron chi connectivity index (χ4n) is 3.60. The van der Waals surface area contributed by atoms with Crippen LogP contribution in [-0.4, -0.2) is 37.0 Å². The molecule has 2 amide bonds. The fourth-order valence-corrected chi connectivity index (χ4v) is 3.60. The average molecular weight is 447 g/mol. The molecule has 33 heavy (non-hydrogen) atoms. The Morgan fingerprint density at radius 3 is 1.85 bits per heavy atom. The standard InChI is InChI=1S/C27H30N2O4/c1-20(30)29(19-23-11-15-25(33-3)16-12-23)26(17-21-7-5-4-6-8-21)27(31)28-18-22-9-13-24(32-2)14-10-22/h4-16,26H,17-19H2,1-3H3,(H,28,31). The fraction of sp³-hybridized carbons (Fsp3) is 0.259. The summed E-state index contributed by atoms with van der Waals surface area (Å²) in [7, 11) is 3.23. The second-order valence-electron chi connectivity index (χ2n) is 7.77. The van der Waals surface area contributed by atoms with Gasteiger partial charge >= 0.3 is 0 Å². The Kier molecular flexibility index (Phi) is 8.47. The molecule has 0 aliphatic carbocycles. The van der Waals surface area contributed by atoms with Gasteiger partial charge in [0.1, 0.15) is 17.5 Å². The first-order chi connectivity index (χ1) is 16.0. The molecule has 3 aromatic rings. The van der Waals surface area contributed by atoms with Crippen LogP contribution in [0.3, 0.4) is 0 Å². The highest BCUT2D eigenvalue weighted by atomic mass is 16.5. The molecule has 0 heterocycles. The van der Waals surface area contributed by atoms with Gasteiger partial charge in [0.15, 0.2) is 0 Å². The van der Waals surface area contributed by atoms with Crippen LogP contribution in [0, 0.1) is 0 Å². The number of carbonyl (C=O) groups excluding carboxylic acids is 2. The molecule has 0 aromatic heterocycles. The Balaban J connectivity index is 1.80. The van der Waals surface area contributed by atoms with Crippen molar-refractivity contribution in [1.82, 2.24) is 10.2 Å². The van der Waals surface area contributed by atoms with E-state index in [0.29, 0.717) is 19.5 Å². The highest BCUT2D eigenvalue weighted by molar-refractivity contribution is 5.87. The highest BCUT2D eigenvalue weighted by Crippen LogP contribution is 2.18. The van der Waals surface area contributed by atoms with Gasteiger partial charge in [0.05, 0.1) is 14.2 Å². The molecule has 0 bridgehead atoms. The summed E-state index contributed by atoms with van der Waals surface area (Å²) in [5.74, 6) is 1.14. The van der Waals surface area contributed by atoms with Crippen LogP contribution >= 0.6 is 0 Å². The summed E-state index contributed by atoms with van der Waals surface area (Å²) in [6, 6.07) is 24.1. The third-order valence-corrected chi connectivity index (χ3v) is 5.49. The normalized spacial score (nSPS) is 11.4. The van der Waals surface area contributed by atoms with E-state index in [-0.39, 0.29) is 11.8 Å². The van der Waals surface area contributed by atoms with Crippen LogP contribution in [0.5, 0.6) is 11.5 Å². The van der Waals surface area contributed by atoms with Gasteiger partial charge in [-0.05, 0) is 41.0 Å². The van der Waals surface area contributed by atoms with Gasteiger partial charge in [0.2, 0.25) is 11.8 Å². The molecular formula is C27H30N2O4. The Bertz CT molecular complexity index is 1030. The maximum absolute atomic E-state index is 13.3. The van der Waals surface area contributed by atoms with E-state index >= 15 is 0 Å². The predicted molar refractivity (Wildman–Crippen MR) is 128 cm³/mol. The number of methoxy groups -OCH3 is 2. The number of nitrogens with zero attached hydrogens (tertiary/aromatic N) is 1. The van der Waals surface area contributed by atoms with Crippen molar-refractivity contribution in [2.75, 3.05) is 14.2 Å². The summed E-state index contributed by atoms with van der Waals surface area (Å²) in [5.41, 5.74) is 2.86. The molecule has 0 aliphatic heterocycles. The van der Waals surface area contributed by atoms with Gasteiger partial charge in [0.25, 0.3) is 0 Å². The van der Waals surface area contributed by atoms with Gasteiger partial charge in [-0.2, -0.15) is 0 Å². The number of amides is 2. The Morgan fingerprint density at radius 1 is 0.788 bits per heavy atom. The number of hydrogen-bond acceptors (Lipinski definition) is 4. The lowest BCUT2D eigenvalue weighted by atomic mass is 10.0. The Morgan fingerprint density at radius 2 is 1.33 bits per heavy atom. The molecule has 6 nitrogen and oxygen atoms in total. The van der Waals surface area contributed by atoms with Crippen LogP contribution in [0.4, 0.5) is 0 Å². The largest absolute Gasteiger partial charge is 0.497 e. The molecule has 0 aliphatic rings. The number of benzene rings is 3. The molecule has 0 spiro atoms. The van der Waals surface area contributed by atoms with E-state index in [0.717, 1.165) is 28.2 Å². The van der Waals surface area contributed by atoms with Crippen molar-refractivity contribution in [3.8, 4) is 11.5 Å². The van der Waals surface area contributed by atoms with E-state index in [1.807, 2.05) is 78.9 Å². The SMILES string of the molecule is COc1ccc(CNC(=O)C(Cc2ccccc2)N(Cc2ccc(OC)cc2)C(C)=O)cc1. The summed E-state index contributed by atoms with van der Waals surface area (Å²) in [4.78, 5) is 27.6. The Labute approximate surface area is 195 Å². The predicted octanol–water partition coefficient (Wildman–Crippen LogP) is 3.98. The summed E-state index contributed by atoms with van der Waals surface area (Å²) >= 11 is 0. The van der Waals surface area contributed by atoms with E-state index < -0.39 is 6.04 Å². The molecule has 6 heteroatoms. The van der Waals surface area contributed by atoms with E-state index in [1.54, 1.807) is 19.1 Å². The molecule has 0 radical (unpaired) electrons. The highest BCUT2D eigenvalue weighted by Gasteiger charge is 2.28. The van der Waals surface area contributed by atoms with Crippen LogP contribution in [0.15, 0.2) is 78.9 Å². The van der Waals surface area contributed by atoms with Gasteiger partial charge in [0, 0.05) is 26.4 Å². The van der Waals surface area contributed by atoms with Crippen LogP contribution in [-0.2, 0) is 29.1 Å². The molecule has 1 N–H and O–H groups in total. The van der Waals surface area contributed by atoms with Gasteiger partial charge in [-0.3, -0.25) is 9.59 Å². The molecule has 1 atom stereocenters. The van der Waals surface area contributed by atoms with Gasteiger partial charge in [-0.25, -0.2) is 0 Å². The zero-order valence-corrected chi connectivity index (χ0v) is 19.3. The monoisotopic (exact) mass is 446 g/mol. The van der Waals surface area contributed by atoms with Crippen molar-refractivity contribution in [2.45, 2.75) is 32.5 Å². The molecular weight excluding hydrogens is 416 g/mol. The van der Waals surface area contributed by atoms with E-state index in [4.69, 9.17) is 9.47 Å². The maximum Gasteiger partial charge on any atom is 0.243 e. The smallest absolute Gasteiger partial charge is 0.243 e. The first-order valence-electron chi connectivity index (χ1n) is 10.8. The zero-order chi connectivity index (χ0) is 23.6. The zero-order valence-electron chi connectivity index (χ0n) is 19.3. The van der Waals surface area contributed by atoms with Crippen molar-refractivity contribution in [2.24, 2.45) is 0 Å². The number of rotatable bonds is 10. The third-order valence-electron chi connectivity index (χ3n) is 5.49. The molecule has 3 aromatic carbocycles.